The maximum absolute atomic E-state index is 13.1. The molecule has 0 fully saturated rings. The van der Waals surface area contributed by atoms with Crippen molar-refractivity contribution in [2.24, 2.45) is 0 Å². The molecule has 0 aliphatic rings. The number of anilines is 1. The molecule has 0 aliphatic carbocycles. The lowest BCUT2D eigenvalue weighted by Gasteiger charge is -2.23. The largest absolute Gasteiger partial charge is 0.492 e. The van der Waals surface area contributed by atoms with Gasteiger partial charge in [-0.15, -0.1) is 0 Å². The predicted octanol–water partition coefficient (Wildman–Crippen LogP) is 5.55. The van der Waals surface area contributed by atoms with Crippen LogP contribution < -0.4 is 10.1 Å². The van der Waals surface area contributed by atoms with Crippen molar-refractivity contribution in [3.63, 3.8) is 0 Å². The van der Waals surface area contributed by atoms with Crippen molar-refractivity contribution in [2.75, 3.05) is 38.2 Å². The molecule has 0 heterocycles. The third-order valence-corrected chi connectivity index (χ3v) is 6.00. The van der Waals surface area contributed by atoms with Crippen molar-refractivity contribution in [1.82, 2.24) is 4.90 Å². The van der Waals surface area contributed by atoms with Crippen LogP contribution in [0.5, 0.6) is 5.75 Å². The van der Waals surface area contributed by atoms with Crippen LogP contribution in [0, 0.1) is 6.92 Å². The maximum Gasteiger partial charge on any atom is 0.333 e. The van der Waals surface area contributed by atoms with E-state index in [0.29, 0.717) is 51.7 Å². The Hall–Kier alpha value is -3.88. The van der Waals surface area contributed by atoms with Crippen molar-refractivity contribution in [3.05, 3.63) is 95.6 Å². The zero-order chi connectivity index (χ0) is 27.9. The standard InChI is InChI=1S/C31H38N2O6/c1-3-38-29(30(34)35)22-25-13-15-28(16-14-25)39-20-18-33(31(36)32-27-12-7-9-24(2)21-27)17-8-19-37-23-26-10-5-4-6-11-26/h4-7,9-16,21,29H,3,8,17-20,22-23H2,1-2H3,(H,32,36)(H,34,35). The highest BCUT2D eigenvalue weighted by molar-refractivity contribution is 5.89. The summed E-state index contributed by atoms with van der Waals surface area (Å²) in [5.41, 5.74) is 3.77. The summed E-state index contributed by atoms with van der Waals surface area (Å²) in [4.78, 5) is 26.1. The first-order chi connectivity index (χ1) is 18.9. The Bertz CT molecular complexity index is 1150. The number of nitrogens with one attached hydrogen (secondary N) is 1. The summed E-state index contributed by atoms with van der Waals surface area (Å²) < 4.78 is 17.0. The van der Waals surface area contributed by atoms with Crippen molar-refractivity contribution in [3.8, 4) is 5.75 Å². The molecule has 1 unspecified atom stereocenters. The molecule has 39 heavy (non-hydrogen) atoms. The maximum atomic E-state index is 13.1. The SMILES string of the molecule is CCOC(Cc1ccc(OCCN(CCCOCc2ccccc2)C(=O)Nc2cccc(C)c2)cc1)C(=O)O. The van der Waals surface area contributed by atoms with Crippen LogP contribution in [0.1, 0.15) is 30.0 Å². The van der Waals surface area contributed by atoms with Gasteiger partial charge in [-0.1, -0.05) is 54.6 Å². The van der Waals surface area contributed by atoms with Crippen LogP contribution in [0.3, 0.4) is 0 Å². The first-order valence-corrected chi connectivity index (χ1v) is 13.2. The number of hydrogen-bond acceptors (Lipinski definition) is 5. The number of carbonyl (C=O) groups excluding carboxylic acids is 1. The van der Waals surface area contributed by atoms with Gasteiger partial charge in [0.05, 0.1) is 13.2 Å². The lowest BCUT2D eigenvalue weighted by Crippen LogP contribution is -2.39. The molecule has 3 aromatic rings. The van der Waals surface area contributed by atoms with Gasteiger partial charge in [0.25, 0.3) is 0 Å². The highest BCUT2D eigenvalue weighted by atomic mass is 16.5. The topological polar surface area (TPSA) is 97.3 Å². The van der Waals surface area contributed by atoms with E-state index >= 15 is 0 Å². The molecule has 8 nitrogen and oxygen atoms in total. The minimum Gasteiger partial charge on any atom is -0.492 e. The van der Waals surface area contributed by atoms with Gasteiger partial charge < -0.3 is 29.5 Å². The molecule has 0 spiro atoms. The fourth-order valence-corrected chi connectivity index (χ4v) is 3.99. The molecule has 0 aromatic heterocycles. The van der Waals surface area contributed by atoms with E-state index < -0.39 is 12.1 Å². The van der Waals surface area contributed by atoms with Gasteiger partial charge >= 0.3 is 12.0 Å². The number of aryl methyl sites for hydroxylation is 1. The minimum absolute atomic E-state index is 0.196. The molecule has 2 amide bonds. The second kappa shape index (κ2) is 16.2. The molecular formula is C31H38N2O6. The number of carboxylic acids is 1. The van der Waals surface area contributed by atoms with Gasteiger partial charge in [-0.05, 0) is 61.2 Å². The number of rotatable bonds is 16. The van der Waals surface area contributed by atoms with E-state index in [-0.39, 0.29) is 12.5 Å². The molecule has 0 radical (unpaired) electrons. The van der Waals surface area contributed by atoms with Crippen LogP contribution in [-0.2, 0) is 27.3 Å². The summed E-state index contributed by atoms with van der Waals surface area (Å²) in [6, 6.07) is 24.7. The first kappa shape index (κ1) is 29.7. The smallest absolute Gasteiger partial charge is 0.333 e. The van der Waals surface area contributed by atoms with Gasteiger partial charge in [-0.2, -0.15) is 0 Å². The Morgan fingerprint density at radius 3 is 2.38 bits per heavy atom. The van der Waals surface area contributed by atoms with Crippen molar-refractivity contribution in [2.45, 2.75) is 39.4 Å². The van der Waals surface area contributed by atoms with Crippen LogP contribution in [-0.4, -0.2) is 61.0 Å². The number of ether oxygens (including phenoxy) is 3. The monoisotopic (exact) mass is 534 g/mol. The third-order valence-electron chi connectivity index (χ3n) is 6.00. The molecular weight excluding hydrogens is 496 g/mol. The molecule has 208 valence electrons. The van der Waals surface area contributed by atoms with Gasteiger partial charge in [0.15, 0.2) is 6.10 Å². The Balaban J connectivity index is 1.51. The number of amides is 2. The quantitative estimate of drug-likeness (QED) is 0.234. The van der Waals surface area contributed by atoms with Gasteiger partial charge in [0, 0.05) is 31.9 Å². The average molecular weight is 535 g/mol. The summed E-state index contributed by atoms with van der Waals surface area (Å²) in [5, 5.41) is 12.3. The van der Waals surface area contributed by atoms with Crippen molar-refractivity contribution in [1.29, 1.82) is 0 Å². The highest BCUT2D eigenvalue weighted by Gasteiger charge is 2.18. The van der Waals surface area contributed by atoms with E-state index in [1.165, 1.54) is 0 Å². The predicted molar refractivity (Wildman–Crippen MR) is 151 cm³/mol. The van der Waals surface area contributed by atoms with E-state index in [0.717, 1.165) is 22.4 Å². The number of nitrogens with zero attached hydrogens (tertiary/aromatic N) is 1. The molecule has 0 saturated carbocycles. The molecule has 0 saturated heterocycles. The van der Waals surface area contributed by atoms with Gasteiger partial charge in [0.2, 0.25) is 0 Å². The van der Waals surface area contributed by atoms with Gasteiger partial charge in [-0.25, -0.2) is 9.59 Å². The summed E-state index contributed by atoms with van der Waals surface area (Å²) in [7, 11) is 0. The van der Waals surface area contributed by atoms with E-state index in [2.05, 4.69) is 5.32 Å². The second-order valence-electron chi connectivity index (χ2n) is 9.16. The summed E-state index contributed by atoms with van der Waals surface area (Å²) in [5.74, 6) is -0.334. The number of urea groups is 1. The van der Waals surface area contributed by atoms with E-state index in [1.807, 2.05) is 73.7 Å². The molecule has 8 heteroatoms. The highest BCUT2D eigenvalue weighted by Crippen LogP contribution is 2.15. The number of carbonyl (C=O) groups is 2. The summed E-state index contributed by atoms with van der Waals surface area (Å²) in [6.07, 6.45) is 0.0923. The molecule has 0 bridgehead atoms. The number of hydrogen-bond donors (Lipinski definition) is 2. The average Bonchev–Trinajstić information content (AvgIpc) is 2.93. The lowest BCUT2D eigenvalue weighted by atomic mass is 10.1. The Labute approximate surface area is 230 Å². The Morgan fingerprint density at radius 2 is 1.69 bits per heavy atom. The van der Waals surface area contributed by atoms with E-state index in [4.69, 9.17) is 14.2 Å². The van der Waals surface area contributed by atoms with E-state index in [9.17, 15) is 14.7 Å². The summed E-state index contributed by atoms with van der Waals surface area (Å²) in [6.45, 7) is 6.38. The number of benzene rings is 3. The normalized spacial score (nSPS) is 11.5. The minimum atomic E-state index is -0.980. The third kappa shape index (κ3) is 10.8. The first-order valence-electron chi connectivity index (χ1n) is 13.2. The fraction of sp³-hybridized carbons (Fsp3) is 0.355. The second-order valence-corrected chi connectivity index (χ2v) is 9.16. The van der Waals surface area contributed by atoms with Crippen LogP contribution in [0.4, 0.5) is 10.5 Å². The molecule has 3 rings (SSSR count). The zero-order valence-corrected chi connectivity index (χ0v) is 22.7. The Kier molecular flexibility index (Phi) is 12.3. The van der Waals surface area contributed by atoms with Crippen LogP contribution in [0.15, 0.2) is 78.9 Å². The lowest BCUT2D eigenvalue weighted by molar-refractivity contribution is -0.149. The molecule has 2 N–H and O–H groups in total. The van der Waals surface area contributed by atoms with Crippen LogP contribution >= 0.6 is 0 Å². The fourth-order valence-electron chi connectivity index (χ4n) is 3.99. The molecule has 3 aromatic carbocycles. The number of aliphatic carboxylic acids is 1. The van der Waals surface area contributed by atoms with Crippen molar-refractivity contribution >= 4 is 17.7 Å². The van der Waals surface area contributed by atoms with E-state index in [1.54, 1.807) is 24.0 Å². The van der Waals surface area contributed by atoms with Crippen LogP contribution in [0.25, 0.3) is 0 Å². The summed E-state index contributed by atoms with van der Waals surface area (Å²) >= 11 is 0. The number of carboxylic acid groups (broad SMARTS) is 1. The zero-order valence-electron chi connectivity index (χ0n) is 22.7. The van der Waals surface area contributed by atoms with Crippen molar-refractivity contribution < 1.29 is 28.9 Å². The van der Waals surface area contributed by atoms with Crippen LogP contribution in [0.2, 0.25) is 0 Å². The van der Waals surface area contributed by atoms with Gasteiger partial charge in [0.1, 0.15) is 12.4 Å². The Morgan fingerprint density at radius 1 is 0.923 bits per heavy atom. The van der Waals surface area contributed by atoms with Gasteiger partial charge in [-0.3, -0.25) is 0 Å². The molecule has 0 aliphatic heterocycles. The molecule has 1 atom stereocenters.